The lowest BCUT2D eigenvalue weighted by molar-refractivity contribution is -0.114. The summed E-state index contributed by atoms with van der Waals surface area (Å²) in [6.07, 6.45) is 7.04. The normalized spacial score (nSPS) is 22.8. The molecule has 2 heterocycles. The fourth-order valence-corrected chi connectivity index (χ4v) is 5.35. The van der Waals surface area contributed by atoms with Gasteiger partial charge in [0.15, 0.2) is 5.69 Å². The van der Waals surface area contributed by atoms with E-state index in [0.29, 0.717) is 29.4 Å². The zero-order valence-corrected chi connectivity index (χ0v) is 17.1. The molecule has 30 heavy (non-hydrogen) atoms. The number of amides is 1. The third-order valence-corrected chi connectivity index (χ3v) is 6.63. The highest BCUT2D eigenvalue weighted by Crippen LogP contribution is 2.44. The molecule has 152 valence electrons. The topological polar surface area (TPSA) is 62.0 Å². The van der Waals surface area contributed by atoms with E-state index < -0.39 is 0 Å². The van der Waals surface area contributed by atoms with Crippen molar-refractivity contribution in [3.8, 4) is 0 Å². The van der Waals surface area contributed by atoms with Crippen LogP contribution in [-0.2, 0) is 11.2 Å². The lowest BCUT2D eigenvalue weighted by Gasteiger charge is -2.34. The Morgan fingerprint density at radius 2 is 1.90 bits per heavy atom. The number of benzene rings is 1. The minimum absolute atomic E-state index is 0.107. The van der Waals surface area contributed by atoms with Gasteiger partial charge < -0.3 is 5.32 Å². The quantitative estimate of drug-likeness (QED) is 0.744. The van der Waals surface area contributed by atoms with E-state index in [2.05, 4.69) is 21.2 Å². The summed E-state index contributed by atoms with van der Waals surface area (Å²) in [5, 5.41) is 10.2. The van der Waals surface area contributed by atoms with Crippen molar-refractivity contribution in [2.24, 2.45) is 16.9 Å². The highest BCUT2D eigenvalue weighted by molar-refractivity contribution is 6.07. The van der Waals surface area contributed by atoms with Crippen LogP contribution in [-0.4, -0.2) is 22.6 Å². The Morgan fingerprint density at radius 1 is 1.13 bits per heavy atom. The van der Waals surface area contributed by atoms with Crippen LogP contribution in [0.15, 0.2) is 41.5 Å². The fraction of sp³-hybridized carbons (Fsp3) is 0.417. The first-order valence-electron chi connectivity index (χ1n) is 10.8. The largest absolute Gasteiger partial charge is 0.311 e. The zero-order valence-electron chi connectivity index (χ0n) is 17.1. The van der Waals surface area contributed by atoms with E-state index in [-0.39, 0.29) is 5.91 Å². The molecule has 1 saturated carbocycles. The van der Waals surface area contributed by atoms with Crippen molar-refractivity contribution in [3.63, 3.8) is 0 Å². The third-order valence-electron chi connectivity index (χ3n) is 6.63. The molecule has 1 amide bonds. The molecule has 1 N–H and O–H groups in total. The van der Waals surface area contributed by atoms with Gasteiger partial charge in [0.1, 0.15) is 5.82 Å². The molecule has 0 bridgehead atoms. The van der Waals surface area contributed by atoms with Crippen LogP contribution in [0.3, 0.4) is 0 Å². The maximum absolute atomic E-state index is 11.4. The second-order valence-electron chi connectivity index (χ2n) is 8.51. The van der Waals surface area contributed by atoms with Gasteiger partial charge in [0.25, 0.3) is 0 Å². The maximum atomic E-state index is 11.4. The average molecular weight is 399 g/mol. The van der Waals surface area contributed by atoms with Gasteiger partial charge in [-0.1, -0.05) is 25.0 Å². The molecule has 2 aliphatic carbocycles. The molecule has 6 heteroatoms. The van der Waals surface area contributed by atoms with Crippen LogP contribution < -0.4 is 10.3 Å². The first-order valence-corrected chi connectivity index (χ1v) is 10.8. The summed E-state index contributed by atoms with van der Waals surface area (Å²) in [7, 11) is 0. The van der Waals surface area contributed by atoms with E-state index in [1.165, 1.54) is 32.6 Å². The van der Waals surface area contributed by atoms with Crippen molar-refractivity contribution < 1.29 is 4.79 Å². The van der Waals surface area contributed by atoms with E-state index >= 15 is 0 Å². The molecule has 1 aromatic heterocycles. The van der Waals surface area contributed by atoms with Crippen LogP contribution in [0.2, 0.25) is 0 Å². The molecule has 1 aliphatic heterocycles. The van der Waals surface area contributed by atoms with Gasteiger partial charge in [-0.3, -0.25) is 9.80 Å². The SMILES string of the molecule is [C-]#[N+]c1ccc(N2N=C3c4ccc(NC(C)=O)nc4CCC3C2C2CCCC2)cc1. The van der Waals surface area contributed by atoms with Gasteiger partial charge in [-0.2, -0.15) is 5.10 Å². The number of aryl methyl sites for hydroxylation is 1. The van der Waals surface area contributed by atoms with Gasteiger partial charge >= 0.3 is 0 Å². The number of hydrogen-bond acceptors (Lipinski definition) is 4. The minimum Gasteiger partial charge on any atom is -0.311 e. The van der Waals surface area contributed by atoms with Gasteiger partial charge in [-0.25, -0.2) is 9.83 Å². The summed E-state index contributed by atoms with van der Waals surface area (Å²) in [6, 6.07) is 12.1. The number of carbonyl (C=O) groups excluding carboxylic acids is 1. The number of nitrogens with zero attached hydrogens (tertiary/aromatic N) is 4. The van der Waals surface area contributed by atoms with Crippen molar-refractivity contribution in [1.29, 1.82) is 0 Å². The predicted molar refractivity (Wildman–Crippen MR) is 118 cm³/mol. The number of fused-ring (bicyclic) bond motifs is 3. The molecule has 0 saturated heterocycles. The summed E-state index contributed by atoms with van der Waals surface area (Å²) < 4.78 is 0. The summed E-state index contributed by atoms with van der Waals surface area (Å²) in [5.74, 6) is 1.54. The highest BCUT2D eigenvalue weighted by atomic mass is 16.1. The molecular formula is C24H25N5O. The lowest BCUT2D eigenvalue weighted by atomic mass is 9.76. The second kappa shape index (κ2) is 7.56. The number of rotatable bonds is 3. The lowest BCUT2D eigenvalue weighted by Crippen LogP contribution is -2.40. The zero-order chi connectivity index (χ0) is 20.7. The van der Waals surface area contributed by atoms with Crippen LogP contribution in [0.25, 0.3) is 4.85 Å². The van der Waals surface area contributed by atoms with Crippen molar-refractivity contribution in [2.45, 2.75) is 51.5 Å². The third kappa shape index (κ3) is 3.24. The smallest absolute Gasteiger partial charge is 0.222 e. The van der Waals surface area contributed by atoms with E-state index in [9.17, 15) is 4.79 Å². The maximum Gasteiger partial charge on any atom is 0.222 e. The van der Waals surface area contributed by atoms with Crippen LogP contribution >= 0.6 is 0 Å². The summed E-state index contributed by atoms with van der Waals surface area (Å²) in [4.78, 5) is 19.6. The van der Waals surface area contributed by atoms with Crippen LogP contribution in [0, 0.1) is 18.4 Å². The van der Waals surface area contributed by atoms with Crippen molar-refractivity contribution in [3.05, 3.63) is 59.1 Å². The number of nitrogens with one attached hydrogen (secondary N) is 1. The first-order chi connectivity index (χ1) is 14.6. The summed E-state index contributed by atoms with van der Waals surface area (Å²) >= 11 is 0. The van der Waals surface area contributed by atoms with Crippen molar-refractivity contribution >= 4 is 28.8 Å². The molecule has 1 fully saturated rings. The number of pyridine rings is 1. The Kier molecular flexibility index (Phi) is 4.74. The molecule has 2 atom stereocenters. The Morgan fingerprint density at radius 3 is 2.60 bits per heavy atom. The van der Waals surface area contributed by atoms with Crippen molar-refractivity contribution in [2.75, 3.05) is 10.3 Å². The molecular weight excluding hydrogens is 374 g/mol. The Bertz CT molecular complexity index is 1050. The van der Waals surface area contributed by atoms with E-state index in [0.717, 1.165) is 35.5 Å². The van der Waals surface area contributed by atoms with Crippen LogP contribution in [0.1, 0.15) is 50.3 Å². The number of aromatic nitrogens is 1. The predicted octanol–water partition coefficient (Wildman–Crippen LogP) is 4.94. The standard InChI is InChI=1S/C24H25N5O/c1-15(30)26-22-14-12-19-21(27-22)13-11-20-23(19)28-29(24(20)16-5-3-4-6-16)18-9-7-17(25-2)8-10-18/h7-10,12,14,16,20,24H,3-6,11,13H2,1H3,(H,26,27,30). The van der Waals surface area contributed by atoms with E-state index in [4.69, 9.17) is 16.7 Å². The minimum atomic E-state index is -0.107. The Balaban J connectivity index is 1.54. The molecule has 0 radical (unpaired) electrons. The number of hydrazone groups is 1. The summed E-state index contributed by atoms with van der Waals surface area (Å²) in [6.45, 7) is 8.72. The van der Waals surface area contributed by atoms with E-state index in [1.54, 1.807) is 0 Å². The number of anilines is 2. The van der Waals surface area contributed by atoms with Crippen LogP contribution in [0.5, 0.6) is 0 Å². The first kappa shape index (κ1) is 18.8. The van der Waals surface area contributed by atoms with Gasteiger partial charge in [0.05, 0.1) is 29.7 Å². The average Bonchev–Trinajstić information content (AvgIpc) is 3.40. The number of carbonyl (C=O) groups is 1. The van der Waals surface area contributed by atoms with Gasteiger partial charge in [0, 0.05) is 18.4 Å². The number of hydrogen-bond donors (Lipinski definition) is 1. The Hall–Kier alpha value is -3.20. The molecule has 2 aromatic rings. The molecule has 2 unspecified atom stereocenters. The monoisotopic (exact) mass is 399 g/mol. The highest BCUT2D eigenvalue weighted by Gasteiger charge is 2.45. The molecule has 6 nitrogen and oxygen atoms in total. The molecule has 1 aromatic carbocycles. The second-order valence-corrected chi connectivity index (χ2v) is 8.51. The van der Waals surface area contributed by atoms with Gasteiger partial charge in [-0.15, -0.1) is 0 Å². The fourth-order valence-electron chi connectivity index (χ4n) is 5.35. The summed E-state index contributed by atoms with van der Waals surface area (Å²) in [5.41, 5.74) is 4.98. The molecule has 0 spiro atoms. The Labute approximate surface area is 176 Å². The van der Waals surface area contributed by atoms with Crippen LogP contribution in [0.4, 0.5) is 17.2 Å². The van der Waals surface area contributed by atoms with Gasteiger partial charge in [-0.05, 0) is 55.9 Å². The van der Waals surface area contributed by atoms with E-state index in [1.807, 2.05) is 30.3 Å². The molecule has 5 rings (SSSR count). The van der Waals surface area contributed by atoms with Gasteiger partial charge in [0.2, 0.25) is 5.91 Å². The molecule has 3 aliphatic rings. The van der Waals surface area contributed by atoms with Crippen molar-refractivity contribution in [1.82, 2.24) is 4.98 Å².